The largest absolute Gasteiger partial charge is 0.241 e. The number of rotatable bonds is 1. The molecule has 1 heterocycles. The van der Waals surface area contributed by atoms with Gasteiger partial charge in [-0.2, -0.15) is 0 Å². The summed E-state index contributed by atoms with van der Waals surface area (Å²) in [5, 5.41) is 0. The molecule has 0 saturated heterocycles. The van der Waals surface area contributed by atoms with Crippen LogP contribution in [0.2, 0.25) is 0 Å². The first-order chi connectivity index (χ1) is 5.36. The average molecular weight is 213 g/mol. The molecule has 2 nitrogen and oxygen atoms in total. The maximum atomic E-state index is 4.22. The van der Waals surface area contributed by atoms with Crippen LogP contribution in [0.4, 0.5) is 0 Å². The van der Waals surface area contributed by atoms with Crippen molar-refractivity contribution in [3.05, 3.63) is 22.7 Å². The topological polar surface area (TPSA) is 25.8 Å². The smallest absolute Gasteiger partial charge is 0.116 e. The zero-order valence-electron chi connectivity index (χ0n) is 6.13. The van der Waals surface area contributed by atoms with Gasteiger partial charge in [-0.05, 0) is 34.8 Å². The molecule has 1 aromatic heterocycles. The van der Waals surface area contributed by atoms with Crippen LogP contribution in [0.5, 0.6) is 0 Å². The highest BCUT2D eigenvalue weighted by Crippen LogP contribution is 2.35. The monoisotopic (exact) mass is 212 g/mol. The Morgan fingerprint density at radius 2 is 2.18 bits per heavy atom. The molecule has 2 rings (SSSR count). The third-order valence-corrected chi connectivity index (χ3v) is 2.61. The van der Waals surface area contributed by atoms with Crippen LogP contribution in [-0.2, 0) is 0 Å². The van der Waals surface area contributed by atoms with E-state index in [-0.39, 0.29) is 0 Å². The minimum absolute atomic E-state index is 0.703. The zero-order chi connectivity index (χ0) is 7.68. The van der Waals surface area contributed by atoms with Crippen molar-refractivity contribution in [1.29, 1.82) is 0 Å². The van der Waals surface area contributed by atoms with E-state index in [1.807, 2.05) is 6.07 Å². The number of halogens is 1. The average Bonchev–Trinajstić information content (AvgIpc) is 1.83. The Labute approximate surface area is 74.2 Å². The predicted molar refractivity (Wildman–Crippen MR) is 46.3 cm³/mol. The molecule has 58 valence electrons. The number of hydrogen-bond acceptors (Lipinski definition) is 2. The lowest BCUT2D eigenvalue weighted by Crippen LogP contribution is -2.10. The van der Waals surface area contributed by atoms with Crippen LogP contribution in [-0.4, -0.2) is 9.97 Å². The van der Waals surface area contributed by atoms with Crippen LogP contribution in [0.25, 0.3) is 0 Å². The summed E-state index contributed by atoms with van der Waals surface area (Å²) in [6, 6.07) is 2.02. The molecule has 0 atom stereocenters. The SMILES string of the molecule is Brc1cc(C2CCC2)ncn1. The lowest BCUT2D eigenvalue weighted by atomic mass is 9.83. The summed E-state index contributed by atoms with van der Waals surface area (Å²) in [7, 11) is 0. The van der Waals surface area contributed by atoms with Crippen LogP contribution in [0.3, 0.4) is 0 Å². The number of hydrogen-bond donors (Lipinski definition) is 0. The van der Waals surface area contributed by atoms with Crippen molar-refractivity contribution >= 4 is 15.9 Å². The molecule has 1 fully saturated rings. The second-order valence-electron chi connectivity index (χ2n) is 2.89. The van der Waals surface area contributed by atoms with Crippen molar-refractivity contribution in [2.24, 2.45) is 0 Å². The molecular formula is C8H9BrN2. The van der Waals surface area contributed by atoms with Gasteiger partial charge in [0.2, 0.25) is 0 Å². The van der Waals surface area contributed by atoms with Crippen molar-refractivity contribution in [2.45, 2.75) is 25.2 Å². The lowest BCUT2D eigenvalue weighted by molar-refractivity contribution is 0.410. The minimum atomic E-state index is 0.703. The van der Waals surface area contributed by atoms with E-state index in [9.17, 15) is 0 Å². The van der Waals surface area contributed by atoms with Crippen LogP contribution in [0.15, 0.2) is 17.0 Å². The fourth-order valence-corrected chi connectivity index (χ4v) is 1.60. The first-order valence-electron chi connectivity index (χ1n) is 3.84. The Bertz CT molecular complexity index is 258. The Balaban J connectivity index is 2.23. The fraction of sp³-hybridized carbons (Fsp3) is 0.500. The Morgan fingerprint density at radius 1 is 1.36 bits per heavy atom. The molecular weight excluding hydrogens is 204 g/mol. The van der Waals surface area contributed by atoms with Crippen molar-refractivity contribution in [3.8, 4) is 0 Å². The van der Waals surface area contributed by atoms with E-state index >= 15 is 0 Å². The van der Waals surface area contributed by atoms with Gasteiger partial charge >= 0.3 is 0 Å². The first-order valence-corrected chi connectivity index (χ1v) is 4.63. The normalized spacial score (nSPS) is 17.9. The predicted octanol–water partition coefficient (Wildman–Crippen LogP) is 2.51. The van der Waals surface area contributed by atoms with Gasteiger partial charge in [0.25, 0.3) is 0 Å². The molecule has 0 radical (unpaired) electrons. The van der Waals surface area contributed by atoms with Gasteiger partial charge < -0.3 is 0 Å². The van der Waals surface area contributed by atoms with Crippen molar-refractivity contribution in [2.75, 3.05) is 0 Å². The molecule has 3 heteroatoms. The van der Waals surface area contributed by atoms with Crippen molar-refractivity contribution < 1.29 is 0 Å². The van der Waals surface area contributed by atoms with E-state index in [0.717, 1.165) is 4.60 Å². The van der Waals surface area contributed by atoms with E-state index in [0.29, 0.717) is 5.92 Å². The molecule has 1 aliphatic rings. The highest BCUT2D eigenvalue weighted by atomic mass is 79.9. The standard InChI is InChI=1S/C8H9BrN2/c9-8-4-7(10-5-11-8)6-2-1-3-6/h4-6H,1-3H2. The van der Waals surface area contributed by atoms with E-state index < -0.39 is 0 Å². The third-order valence-electron chi connectivity index (χ3n) is 2.18. The second-order valence-corrected chi connectivity index (χ2v) is 3.71. The molecule has 0 bridgehead atoms. The molecule has 1 saturated carbocycles. The van der Waals surface area contributed by atoms with Gasteiger partial charge in [0.05, 0.1) is 0 Å². The maximum absolute atomic E-state index is 4.22. The van der Waals surface area contributed by atoms with Crippen LogP contribution < -0.4 is 0 Å². The summed E-state index contributed by atoms with van der Waals surface area (Å²) in [6.45, 7) is 0. The molecule has 0 spiro atoms. The van der Waals surface area contributed by atoms with E-state index in [2.05, 4.69) is 25.9 Å². The van der Waals surface area contributed by atoms with Gasteiger partial charge in [0.15, 0.2) is 0 Å². The lowest BCUT2D eigenvalue weighted by Gasteiger charge is -2.24. The molecule has 0 N–H and O–H groups in total. The number of nitrogens with zero attached hydrogens (tertiary/aromatic N) is 2. The van der Waals surface area contributed by atoms with Crippen LogP contribution >= 0.6 is 15.9 Å². The molecule has 1 aromatic rings. The minimum Gasteiger partial charge on any atom is -0.241 e. The highest BCUT2D eigenvalue weighted by Gasteiger charge is 2.20. The maximum Gasteiger partial charge on any atom is 0.116 e. The Morgan fingerprint density at radius 3 is 2.73 bits per heavy atom. The van der Waals surface area contributed by atoms with Crippen molar-refractivity contribution in [1.82, 2.24) is 9.97 Å². The summed E-state index contributed by atoms with van der Waals surface area (Å²) in [5.74, 6) is 0.703. The molecule has 11 heavy (non-hydrogen) atoms. The van der Waals surface area contributed by atoms with Gasteiger partial charge in [0.1, 0.15) is 10.9 Å². The van der Waals surface area contributed by atoms with Gasteiger partial charge in [-0.1, -0.05) is 6.42 Å². The van der Waals surface area contributed by atoms with E-state index in [1.54, 1.807) is 6.33 Å². The fourth-order valence-electron chi connectivity index (χ4n) is 1.27. The molecule has 0 amide bonds. The van der Waals surface area contributed by atoms with Gasteiger partial charge in [0, 0.05) is 11.6 Å². The van der Waals surface area contributed by atoms with Gasteiger partial charge in [-0.3, -0.25) is 0 Å². The van der Waals surface area contributed by atoms with Gasteiger partial charge in [-0.15, -0.1) is 0 Å². The number of aromatic nitrogens is 2. The van der Waals surface area contributed by atoms with E-state index in [4.69, 9.17) is 0 Å². The van der Waals surface area contributed by atoms with Gasteiger partial charge in [-0.25, -0.2) is 9.97 Å². The van der Waals surface area contributed by atoms with E-state index in [1.165, 1.54) is 25.0 Å². The third kappa shape index (κ3) is 1.43. The molecule has 0 aliphatic heterocycles. The second kappa shape index (κ2) is 2.89. The quantitative estimate of drug-likeness (QED) is 0.669. The highest BCUT2D eigenvalue weighted by molar-refractivity contribution is 9.10. The Kier molecular flexibility index (Phi) is 1.90. The summed E-state index contributed by atoms with van der Waals surface area (Å²) in [5.41, 5.74) is 1.19. The molecule has 1 aliphatic carbocycles. The summed E-state index contributed by atoms with van der Waals surface area (Å²) in [6.07, 6.45) is 5.57. The molecule has 0 unspecified atom stereocenters. The summed E-state index contributed by atoms with van der Waals surface area (Å²) >= 11 is 3.33. The zero-order valence-corrected chi connectivity index (χ0v) is 7.71. The van der Waals surface area contributed by atoms with Crippen LogP contribution in [0.1, 0.15) is 30.9 Å². The summed E-state index contributed by atoms with van der Waals surface area (Å²) in [4.78, 5) is 8.21. The van der Waals surface area contributed by atoms with Crippen LogP contribution in [0, 0.1) is 0 Å². The molecule has 0 aromatic carbocycles. The Hall–Kier alpha value is -0.440. The first kappa shape index (κ1) is 7.22. The summed E-state index contributed by atoms with van der Waals surface area (Å²) < 4.78 is 0.898. The van der Waals surface area contributed by atoms with Crippen molar-refractivity contribution in [3.63, 3.8) is 0 Å².